The second kappa shape index (κ2) is 11.6. The maximum Gasteiger partial charge on any atom is 0.306 e. The van der Waals surface area contributed by atoms with Gasteiger partial charge in [-0.3, -0.25) is 14.4 Å². The number of ether oxygens (including phenoxy) is 2. The number of amides is 2. The van der Waals surface area contributed by atoms with Crippen molar-refractivity contribution in [1.82, 2.24) is 10.2 Å². The smallest absolute Gasteiger partial charge is 0.306 e. The van der Waals surface area contributed by atoms with E-state index in [0.717, 1.165) is 11.3 Å². The minimum atomic E-state index is -0.603. The molecule has 2 rings (SSSR count). The first-order chi connectivity index (χ1) is 14.3. The summed E-state index contributed by atoms with van der Waals surface area (Å²) in [6.07, 6.45) is 1.04. The van der Waals surface area contributed by atoms with Crippen molar-refractivity contribution in [3.8, 4) is 5.75 Å². The monoisotopic (exact) mass is 418 g/mol. The van der Waals surface area contributed by atoms with Crippen LogP contribution in [0.3, 0.4) is 0 Å². The maximum atomic E-state index is 12.6. The van der Waals surface area contributed by atoms with Crippen LogP contribution in [0.4, 0.5) is 0 Å². The zero-order chi connectivity index (χ0) is 22.1. The van der Waals surface area contributed by atoms with E-state index in [1.807, 2.05) is 24.3 Å². The van der Waals surface area contributed by atoms with Gasteiger partial charge in [-0.05, 0) is 44.2 Å². The van der Waals surface area contributed by atoms with Crippen LogP contribution in [0.5, 0.6) is 5.75 Å². The summed E-state index contributed by atoms with van der Waals surface area (Å²) in [5.74, 6) is 0.496. The first-order valence-corrected chi connectivity index (χ1v) is 10.8. The van der Waals surface area contributed by atoms with Crippen molar-refractivity contribution in [3.05, 3.63) is 29.8 Å². The Hall–Kier alpha value is -2.57. The van der Waals surface area contributed by atoms with E-state index in [-0.39, 0.29) is 36.7 Å². The molecular formula is C23H34N2O5. The van der Waals surface area contributed by atoms with Crippen LogP contribution in [0, 0.1) is 0 Å². The fraction of sp³-hybridized carbons (Fsp3) is 0.609. The van der Waals surface area contributed by atoms with Gasteiger partial charge in [-0.25, -0.2) is 0 Å². The third-order valence-electron chi connectivity index (χ3n) is 5.26. The largest absolute Gasteiger partial charge is 0.481 e. The molecule has 2 amide bonds. The summed E-state index contributed by atoms with van der Waals surface area (Å²) >= 11 is 0. The molecule has 1 aromatic rings. The van der Waals surface area contributed by atoms with Crippen molar-refractivity contribution in [2.75, 3.05) is 19.7 Å². The number of hydrogen-bond acceptors (Lipinski definition) is 5. The van der Waals surface area contributed by atoms with Crippen LogP contribution < -0.4 is 10.1 Å². The average Bonchev–Trinajstić information content (AvgIpc) is 2.73. The van der Waals surface area contributed by atoms with Gasteiger partial charge in [0.1, 0.15) is 5.75 Å². The van der Waals surface area contributed by atoms with Crippen LogP contribution in [0.1, 0.15) is 64.9 Å². The third-order valence-corrected chi connectivity index (χ3v) is 5.26. The Balaban J connectivity index is 1.77. The number of para-hydroxylation sites is 1. The third kappa shape index (κ3) is 7.04. The van der Waals surface area contributed by atoms with Gasteiger partial charge < -0.3 is 19.7 Å². The van der Waals surface area contributed by atoms with E-state index >= 15 is 0 Å². The van der Waals surface area contributed by atoms with E-state index in [4.69, 9.17) is 9.47 Å². The molecule has 1 fully saturated rings. The molecule has 1 unspecified atom stereocenters. The molecule has 0 spiro atoms. The Morgan fingerprint density at radius 1 is 1.10 bits per heavy atom. The standard InChI is InChI=1S/C23H34N2O5/c1-5-29-22(27)11-10-21(26)25-14-12-18(13-15-25)24-23(28)17(4)30-20-9-7-6-8-19(20)16(2)3/h6-9,16-18H,5,10-15H2,1-4H3,(H,24,28). The Bertz CT molecular complexity index is 726. The molecule has 7 nitrogen and oxygen atoms in total. The number of piperidine rings is 1. The summed E-state index contributed by atoms with van der Waals surface area (Å²) in [6.45, 7) is 9.14. The van der Waals surface area contributed by atoms with Crippen molar-refractivity contribution >= 4 is 17.8 Å². The quantitative estimate of drug-likeness (QED) is 0.623. The number of nitrogens with one attached hydrogen (secondary N) is 1. The summed E-state index contributed by atoms with van der Waals surface area (Å²) in [7, 11) is 0. The number of rotatable bonds is 9. The highest BCUT2D eigenvalue weighted by molar-refractivity contribution is 5.82. The van der Waals surface area contributed by atoms with E-state index < -0.39 is 6.10 Å². The van der Waals surface area contributed by atoms with Crippen LogP contribution in [-0.4, -0.2) is 54.5 Å². The lowest BCUT2D eigenvalue weighted by atomic mass is 10.0. The van der Waals surface area contributed by atoms with Crippen molar-refractivity contribution in [2.45, 2.75) is 71.4 Å². The van der Waals surface area contributed by atoms with E-state index in [9.17, 15) is 14.4 Å². The number of hydrogen-bond donors (Lipinski definition) is 1. The number of benzene rings is 1. The van der Waals surface area contributed by atoms with Gasteiger partial charge in [-0.1, -0.05) is 32.0 Å². The molecule has 1 heterocycles. The molecular weight excluding hydrogens is 384 g/mol. The van der Waals surface area contributed by atoms with Gasteiger partial charge in [-0.2, -0.15) is 0 Å². The summed E-state index contributed by atoms with van der Waals surface area (Å²) in [5.41, 5.74) is 1.08. The second-order valence-electron chi connectivity index (χ2n) is 7.92. The number of esters is 1. The Morgan fingerprint density at radius 2 is 1.77 bits per heavy atom. The van der Waals surface area contributed by atoms with Gasteiger partial charge in [0.25, 0.3) is 5.91 Å². The lowest BCUT2D eigenvalue weighted by molar-refractivity contribution is -0.146. The summed E-state index contributed by atoms with van der Waals surface area (Å²) < 4.78 is 10.8. The highest BCUT2D eigenvalue weighted by atomic mass is 16.5. The van der Waals surface area contributed by atoms with Crippen molar-refractivity contribution in [3.63, 3.8) is 0 Å². The lowest BCUT2D eigenvalue weighted by Gasteiger charge is -2.33. The molecule has 1 saturated heterocycles. The Labute approximate surface area is 179 Å². The van der Waals surface area contributed by atoms with Crippen LogP contribution >= 0.6 is 0 Å². The number of carbonyl (C=O) groups is 3. The zero-order valence-electron chi connectivity index (χ0n) is 18.5. The van der Waals surface area contributed by atoms with Crippen LogP contribution in [-0.2, 0) is 19.1 Å². The second-order valence-corrected chi connectivity index (χ2v) is 7.92. The highest BCUT2D eigenvalue weighted by Crippen LogP contribution is 2.26. The number of likely N-dealkylation sites (tertiary alicyclic amines) is 1. The molecule has 1 aliphatic heterocycles. The van der Waals surface area contributed by atoms with E-state index in [1.54, 1.807) is 18.7 Å². The topological polar surface area (TPSA) is 84.9 Å². The van der Waals surface area contributed by atoms with Gasteiger partial charge in [0, 0.05) is 25.6 Å². The van der Waals surface area contributed by atoms with Gasteiger partial charge in [0.05, 0.1) is 13.0 Å². The minimum Gasteiger partial charge on any atom is -0.481 e. The molecule has 0 saturated carbocycles. The van der Waals surface area contributed by atoms with Crippen LogP contribution in [0.15, 0.2) is 24.3 Å². The van der Waals surface area contributed by atoms with E-state index in [1.165, 1.54) is 0 Å². The molecule has 0 radical (unpaired) electrons. The van der Waals surface area contributed by atoms with Crippen molar-refractivity contribution in [2.24, 2.45) is 0 Å². The van der Waals surface area contributed by atoms with E-state index in [0.29, 0.717) is 38.5 Å². The van der Waals surface area contributed by atoms with Crippen molar-refractivity contribution < 1.29 is 23.9 Å². The Kier molecular flexibility index (Phi) is 9.15. The first kappa shape index (κ1) is 23.7. The first-order valence-electron chi connectivity index (χ1n) is 10.8. The van der Waals surface area contributed by atoms with Crippen molar-refractivity contribution in [1.29, 1.82) is 0 Å². The highest BCUT2D eigenvalue weighted by Gasteiger charge is 2.26. The fourth-order valence-corrected chi connectivity index (χ4v) is 3.50. The molecule has 0 bridgehead atoms. The molecule has 1 N–H and O–H groups in total. The predicted molar refractivity (Wildman–Crippen MR) is 114 cm³/mol. The van der Waals surface area contributed by atoms with Gasteiger partial charge >= 0.3 is 5.97 Å². The molecule has 166 valence electrons. The van der Waals surface area contributed by atoms with Crippen LogP contribution in [0.25, 0.3) is 0 Å². The number of carbonyl (C=O) groups excluding carboxylic acids is 3. The molecule has 0 aliphatic carbocycles. The summed E-state index contributed by atoms with van der Waals surface area (Å²) in [6, 6.07) is 7.78. The SMILES string of the molecule is CCOC(=O)CCC(=O)N1CCC(NC(=O)C(C)Oc2ccccc2C(C)C)CC1. The lowest BCUT2D eigenvalue weighted by Crippen LogP contribution is -2.49. The molecule has 0 aromatic heterocycles. The molecule has 7 heteroatoms. The van der Waals surface area contributed by atoms with E-state index in [2.05, 4.69) is 19.2 Å². The summed E-state index contributed by atoms with van der Waals surface area (Å²) in [4.78, 5) is 38.0. The normalized spacial score (nSPS) is 15.6. The average molecular weight is 419 g/mol. The molecule has 1 atom stereocenters. The minimum absolute atomic E-state index is 0.0120. The zero-order valence-corrected chi connectivity index (χ0v) is 18.5. The number of nitrogens with zero attached hydrogens (tertiary/aromatic N) is 1. The van der Waals surface area contributed by atoms with Gasteiger partial charge in [0.15, 0.2) is 6.10 Å². The van der Waals surface area contributed by atoms with Gasteiger partial charge in [0.2, 0.25) is 5.91 Å². The summed E-state index contributed by atoms with van der Waals surface area (Å²) in [5, 5.41) is 3.04. The molecule has 1 aliphatic rings. The fourth-order valence-electron chi connectivity index (χ4n) is 3.50. The van der Waals surface area contributed by atoms with Gasteiger partial charge in [-0.15, -0.1) is 0 Å². The Morgan fingerprint density at radius 3 is 2.40 bits per heavy atom. The maximum absolute atomic E-state index is 12.6. The predicted octanol–water partition coefficient (Wildman–Crippen LogP) is 3.03. The molecule has 1 aromatic carbocycles. The molecule has 30 heavy (non-hydrogen) atoms. The van der Waals surface area contributed by atoms with Crippen LogP contribution in [0.2, 0.25) is 0 Å².